The van der Waals surface area contributed by atoms with E-state index in [-0.39, 0.29) is 11.7 Å². The lowest BCUT2D eigenvalue weighted by atomic mass is 9.99. The molecule has 1 aliphatic rings. The Kier molecular flexibility index (Phi) is 3.89. The number of halogens is 1. The predicted molar refractivity (Wildman–Crippen MR) is 67.5 cm³/mol. The number of hydrogen-bond donors (Lipinski definition) is 1. The number of benzene rings is 1. The zero-order valence-electron chi connectivity index (χ0n) is 9.60. The van der Waals surface area contributed by atoms with Gasteiger partial charge in [-0.2, -0.15) is 0 Å². The van der Waals surface area contributed by atoms with E-state index in [0.29, 0.717) is 17.4 Å². The van der Waals surface area contributed by atoms with Gasteiger partial charge in [-0.25, -0.2) is 0 Å². The normalized spacial score (nSPS) is 20.3. The fourth-order valence-electron chi connectivity index (χ4n) is 2.20. The van der Waals surface area contributed by atoms with Gasteiger partial charge in [0.1, 0.15) is 5.75 Å². The highest BCUT2D eigenvalue weighted by molar-refractivity contribution is 6.18. The van der Waals surface area contributed by atoms with Crippen LogP contribution in [0.4, 0.5) is 0 Å². The Balaban J connectivity index is 2.09. The number of piperidine rings is 1. The maximum atomic E-state index is 12.2. The van der Waals surface area contributed by atoms with Crippen molar-refractivity contribution in [3.63, 3.8) is 0 Å². The summed E-state index contributed by atoms with van der Waals surface area (Å²) in [5.41, 5.74) is 0.542. The van der Waals surface area contributed by atoms with Crippen LogP contribution in [0.3, 0.4) is 0 Å². The largest absolute Gasteiger partial charge is 0.508 e. The summed E-state index contributed by atoms with van der Waals surface area (Å²) in [6.45, 7) is 1.50. The van der Waals surface area contributed by atoms with Crippen LogP contribution in [0.1, 0.15) is 23.2 Å². The lowest BCUT2D eigenvalue weighted by molar-refractivity contribution is 0.0684. The molecule has 1 unspecified atom stereocenters. The fourth-order valence-corrected chi connectivity index (χ4v) is 2.45. The van der Waals surface area contributed by atoms with E-state index < -0.39 is 0 Å². The molecule has 1 amide bonds. The molecule has 0 spiro atoms. The van der Waals surface area contributed by atoms with E-state index >= 15 is 0 Å². The van der Waals surface area contributed by atoms with Gasteiger partial charge < -0.3 is 10.0 Å². The number of hydrogen-bond acceptors (Lipinski definition) is 2. The quantitative estimate of drug-likeness (QED) is 0.823. The van der Waals surface area contributed by atoms with Crippen LogP contribution in [-0.4, -0.2) is 34.9 Å². The van der Waals surface area contributed by atoms with E-state index in [4.69, 9.17) is 11.6 Å². The number of amides is 1. The molecule has 1 N–H and O–H groups in total. The minimum absolute atomic E-state index is 0.0179. The second-order valence-corrected chi connectivity index (χ2v) is 4.77. The van der Waals surface area contributed by atoms with Crippen molar-refractivity contribution < 1.29 is 9.90 Å². The first-order valence-corrected chi connectivity index (χ1v) is 6.38. The first kappa shape index (κ1) is 12.2. The topological polar surface area (TPSA) is 40.5 Å². The lowest BCUT2D eigenvalue weighted by Gasteiger charge is -2.31. The molecule has 92 valence electrons. The van der Waals surface area contributed by atoms with Crippen LogP contribution in [0.15, 0.2) is 24.3 Å². The first-order valence-electron chi connectivity index (χ1n) is 5.85. The molecule has 1 atom stereocenters. The number of nitrogens with zero attached hydrogens (tertiary/aromatic N) is 1. The van der Waals surface area contributed by atoms with E-state index in [2.05, 4.69) is 0 Å². The number of phenolic OH excluding ortho intramolecular Hbond substituents is 1. The Hall–Kier alpha value is -1.22. The Morgan fingerprint density at radius 1 is 1.53 bits per heavy atom. The predicted octanol–water partition coefficient (Wildman–Crippen LogP) is 2.48. The molecule has 0 aromatic heterocycles. The summed E-state index contributed by atoms with van der Waals surface area (Å²) < 4.78 is 0. The van der Waals surface area contributed by atoms with Gasteiger partial charge in [0.25, 0.3) is 5.91 Å². The van der Waals surface area contributed by atoms with Crippen molar-refractivity contribution in [1.29, 1.82) is 0 Å². The van der Waals surface area contributed by atoms with Crippen LogP contribution in [0.5, 0.6) is 5.75 Å². The molecule has 17 heavy (non-hydrogen) atoms. The van der Waals surface area contributed by atoms with E-state index in [1.165, 1.54) is 6.07 Å². The fraction of sp³-hybridized carbons (Fsp3) is 0.462. The lowest BCUT2D eigenvalue weighted by Crippen LogP contribution is -2.40. The van der Waals surface area contributed by atoms with E-state index in [1.807, 2.05) is 4.90 Å². The zero-order chi connectivity index (χ0) is 12.3. The number of alkyl halides is 1. The van der Waals surface area contributed by atoms with Gasteiger partial charge in [0.2, 0.25) is 0 Å². The van der Waals surface area contributed by atoms with Crippen molar-refractivity contribution in [2.75, 3.05) is 19.0 Å². The smallest absolute Gasteiger partial charge is 0.253 e. The molecule has 0 saturated carbocycles. The Morgan fingerprint density at radius 3 is 3.06 bits per heavy atom. The average Bonchev–Trinajstić information content (AvgIpc) is 2.38. The Morgan fingerprint density at radius 2 is 2.35 bits per heavy atom. The molecule has 0 bridgehead atoms. The number of aromatic hydroxyl groups is 1. The van der Waals surface area contributed by atoms with Gasteiger partial charge in [-0.1, -0.05) is 6.07 Å². The number of likely N-dealkylation sites (tertiary alicyclic amines) is 1. The van der Waals surface area contributed by atoms with Crippen LogP contribution in [-0.2, 0) is 0 Å². The van der Waals surface area contributed by atoms with Crippen molar-refractivity contribution in [2.24, 2.45) is 5.92 Å². The Labute approximate surface area is 106 Å². The van der Waals surface area contributed by atoms with Crippen LogP contribution in [0, 0.1) is 5.92 Å². The second kappa shape index (κ2) is 5.41. The maximum Gasteiger partial charge on any atom is 0.253 e. The molecule has 0 radical (unpaired) electrons. The van der Waals surface area contributed by atoms with Gasteiger partial charge in [-0.3, -0.25) is 4.79 Å². The minimum Gasteiger partial charge on any atom is -0.508 e. The van der Waals surface area contributed by atoms with E-state index in [9.17, 15) is 9.90 Å². The molecule has 3 nitrogen and oxygen atoms in total. The van der Waals surface area contributed by atoms with Gasteiger partial charge in [-0.15, -0.1) is 11.6 Å². The van der Waals surface area contributed by atoms with Crippen LogP contribution in [0.25, 0.3) is 0 Å². The van der Waals surface area contributed by atoms with Gasteiger partial charge in [-0.05, 0) is 37.0 Å². The number of carbonyl (C=O) groups is 1. The summed E-state index contributed by atoms with van der Waals surface area (Å²) in [5.74, 6) is 1.10. The third-order valence-electron chi connectivity index (χ3n) is 3.12. The van der Waals surface area contributed by atoms with Crippen molar-refractivity contribution in [3.05, 3.63) is 29.8 Å². The summed E-state index contributed by atoms with van der Waals surface area (Å²) in [6.07, 6.45) is 2.09. The SMILES string of the molecule is O=C(c1cccc(O)c1)N1CCCC(CCl)C1. The summed E-state index contributed by atoms with van der Waals surface area (Å²) in [7, 11) is 0. The third kappa shape index (κ3) is 2.91. The van der Waals surface area contributed by atoms with E-state index in [0.717, 1.165) is 25.9 Å². The van der Waals surface area contributed by atoms with Gasteiger partial charge in [0, 0.05) is 24.5 Å². The van der Waals surface area contributed by atoms with E-state index in [1.54, 1.807) is 18.2 Å². The zero-order valence-corrected chi connectivity index (χ0v) is 10.4. The molecule has 1 fully saturated rings. The molecule has 2 rings (SSSR count). The maximum absolute atomic E-state index is 12.2. The number of carbonyl (C=O) groups excluding carboxylic acids is 1. The summed E-state index contributed by atoms with van der Waals surface area (Å²) in [6, 6.07) is 6.49. The first-order chi connectivity index (χ1) is 8.20. The van der Waals surface area contributed by atoms with Crippen molar-refractivity contribution in [1.82, 2.24) is 4.90 Å². The number of rotatable bonds is 2. The molecular weight excluding hydrogens is 238 g/mol. The highest BCUT2D eigenvalue weighted by atomic mass is 35.5. The average molecular weight is 254 g/mol. The highest BCUT2D eigenvalue weighted by Crippen LogP contribution is 2.20. The summed E-state index contributed by atoms with van der Waals surface area (Å²) in [5, 5.41) is 9.37. The van der Waals surface area contributed by atoms with Crippen LogP contribution < -0.4 is 0 Å². The molecule has 1 aromatic rings. The second-order valence-electron chi connectivity index (χ2n) is 4.46. The summed E-state index contributed by atoms with van der Waals surface area (Å²) >= 11 is 5.84. The molecular formula is C13H16ClNO2. The van der Waals surface area contributed by atoms with Gasteiger partial charge in [0.05, 0.1) is 0 Å². The Bertz CT molecular complexity index is 408. The van der Waals surface area contributed by atoms with Crippen molar-refractivity contribution in [3.8, 4) is 5.75 Å². The molecule has 1 aliphatic heterocycles. The molecule has 1 heterocycles. The van der Waals surface area contributed by atoms with Gasteiger partial charge >= 0.3 is 0 Å². The summed E-state index contributed by atoms with van der Waals surface area (Å²) in [4.78, 5) is 14.0. The molecule has 4 heteroatoms. The highest BCUT2D eigenvalue weighted by Gasteiger charge is 2.23. The third-order valence-corrected chi connectivity index (χ3v) is 3.55. The van der Waals surface area contributed by atoms with Crippen LogP contribution >= 0.6 is 11.6 Å². The molecule has 1 aromatic carbocycles. The van der Waals surface area contributed by atoms with Crippen LogP contribution in [0.2, 0.25) is 0 Å². The molecule has 0 aliphatic carbocycles. The monoisotopic (exact) mass is 253 g/mol. The standard InChI is InChI=1S/C13H16ClNO2/c14-8-10-3-2-6-15(9-10)13(17)11-4-1-5-12(16)7-11/h1,4-5,7,10,16H,2-3,6,8-9H2. The van der Waals surface area contributed by atoms with Crippen molar-refractivity contribution in [2.45, 2.75) is 12.8 Å². The number of phenols is 1. The van der Waals surface area contributed by atoms with Crippen molar-refractivity contribution >= 4 is 17.5 Å². The molecule has 1 saturated heterocycles. The van der Waals surface area contributed by atoms with Gasteiger partial charge in [0.15, 0.2) is 0 Å². The minimum atomic E-state index is -0.0179.